The maximum absolute atomic E-state index is 7.11. The molecule has 79 heavy (non-hydrogen) atoms. The summed E-state index contributed by atoms with van der Waals surface area (Å²) >= 11 is 4.67. The summed E-state index contributed by atoms with van der Waals surface area (Å²) in [6.45, 7) is 66.2. The number of hydrogen-bond donors (Lipinski definition) is 0. The van der Waals surface area contributed by atoms with Crippen LogP contribution in [0.1, 0.15) is 211 Å². The van der Waals surface area contributed by atoms with Crippen LogP contribution in [0, 0.1) is 0 Å². The molecule has 0 aliphatic rings. The second-order valence-electron chi connectivity index (χ2n) is 31.4. The molecule has 0 saturated carbocycles. The molecule has 3 aromatic carbocycles. The molecule has 0 spiro atoms. The van der Waals surface area contributed by atoms with E-state index in [1.165, 1.54) is 93.0 Å². The Labute approximate surface area is 508 Å². The van der Waals surface area contributed by atoms with Crippen molar-refractivity contribution in [2.45, 2.75) is 314 Å². The predicted molar refractivity (Wildman–Crippen MR) is 385 cm³/mol. The van der Waals surface area contributed by atoms with Gasteiger partial charge < -0.3 is 4.43 Å². The van der Waals surface area contributed by atoms with Gasteiger partial charge in [-0.05, 0) is 122 Å². The molecule has 1 nitrogen and oxygen atoms in total. The maximum Gasteiger partial charge on any atom is 0.190 e. The molecule has 3 rings (SSSR count). The third-order valence-electron chi connectivity index (χ3n) is 22.0. The van der Waals surface area contributed by atoms with Gasteiger partial charge in [-0.1, -0.05) is 298 Å². The van der Waals surface area contributed by atoms with Gasteiger partial charge >= 0.3 is 0 Å². The van der Waals surface area contributed by atoms with Crippen molar-refractivity contribution in [3.8, 4) is 0 Å². The molecule has 9 heteroatoms. The minimum atomic E-state index is -2.28. The Balaban J connectivity index is 2.55. The molecule has 0 heterocycles. The first-order valence-electron chi connectivity index (χ1n) is 32.5. The van der Waals surface area contributed by atoms with Gasteiger partial charge in [0.05, 0.1) is 16.1 Å². The summed E-state index contributed by atoms with van der Waals surface area (Å²) in [5.41, 5.74) is 9.42. The molecule has 452 valence electrons. The Hall–Kier alpha value is -0.379. The lowest BCUT2D eigenvalue weighted by Crippen LogP contribution is -2.55. The van der Waals surface area contributed by atoms with Crippen LogP contribution in [0.25, 0.3) is 0 Å². The van der Waals surface area contributed by atoms with Gasteiger partial charge in [0.25, 0.3) is 0 Å². The van der Waals surface area contributed by atoms with Crippen molar-refractivity contribution in [2.75, 3.05) is 18.6 Å². The summed E-state index contributed by atoms with van der Waals surface area (Å²) in [4.78, 5) is 0. The molecule has 3 aromatic rings. The summed E-state index contributed by atoms with van der Waals surface area (Å²) in [6.07, 6.45) is 12.4. The molecule has 3 atom stereocenters. The molecular formula is C70H130OS2Si6. The lowest BCUT2D eigenvalue weighted by molar-refractivity contribution is 0.371. The fourth-order valence-electron chi connectivity index (χ4n) is 14.4. The Morgan fingerprint density at radius 1 is 0.443 bits per heavy atom. The van der Waals surface area contributed by atoms with Gasteiger partial charge in [0.1, 0.15) is 14.4 Å². The number of hydrogen-bond acceptors (Lipinski definition) is 3. The number of rotatable bonds is 34. The highest BCUT2D eigenvalue weighted by Crippen LogP contribution is 2.52. The minimum absolute atomic E-state index is 0.0758. The van der Waals surface area contributed by atoms with Crippen molar-refractivity contribution in [1.29, 1.82) is 0 Å². The van der Waals surface area contributed by atoms with Crippen molar-refractivity contribution >= 4 is 79.8 Å². The highest BCUT2D eigenvalue weighted by atomic mass is 32.4. The van der Waals surface area contributed by atoms with Gasteiger partial charge in [-0.15, -0.1) is 0 Å². The highest BCUT2D eigenvalue weighted by Gasteiger charge is 2.48. The molecule has 0 aliphatic carbocycles. The SMILES string of the molecule is CCCCCC(C[Si](C)(C)CCCS[Si](C)(C)C(C)(C)C)(c1ccc([Si](C(C)C)(C(C)C)C(C)C)cc1)c1cccc(C(CCCCC)(C[Si](C)(CCCS[Si](C)(C)C(C)(C)C)OC)c2ccc([Si](C)(C(C)C)C(C)C)cc2)c1. The van der Waals surface area contributed by atoms with Crippen molar-refractivity contribution in [1.82, 2.24) is 0 Å². The molecular weight excluding hydrogens is 1090 g/mol. The fraction of sp³-hybridized carbons (Fsp3) is 0.743. The van der Waals surface area contributed by atoms with Crippen LogP contribution in [0.15, 0.2) is 72.8 Å². The van der Waals surface area contributed by atoms with Crippen LogP contribution in [-0.2, 0) is 15.3 Å². The predicted octanol–water partition coefficient (Wildman–Crippen LogP) is 23.6. The third-order valence-corrected chi connectivity index (χ3v) is 61.3. The second kappa shape index (κ2) is 29.8. The quantitative estimate of drug-likeness (QED) is 0.0436. The first-order chi connectivity index (χ1) is 36.4. The molecule has 0 bridgehead atoms. The molecule has 3 unspecified atom stereocenters. The van der Waals surface area contributed by atoms with Crippen molar-refractivity contribution in [2.24, 2.45) is 0 Å². The normalized spacial score (nSPS) is 16.1. The van der Waals surface area contributed by atoms with E-state index in [4.69, 9.17) is 4.43 Å². The zero-order chi connectivity index (χ0) is 60.3. The average molecular weight is 1220 g/mol. The van der Waals surface area contributed by atoms with E-state index in [1.54, 1.807) is 27.1 Å². The first kappa shape index (κ1) is 72.9. The molecule has 0 aliphatic heterocycles. The Kier molecular flexibility index (Phi) is 27.5. The summed E-state index contributed by atoms with van der Waals surface area (Å²) < 4.78 is 7.11. The number of unbranched alkanes of at least 4 members (excludes halogenated alkanes) is 4. The fourth-order valence-corrected chi connectivity index (χ4v) is 41.1. The Bertz CT molecular complexity index is 2220. The van der Waals surface area contributed by atoms with E-state index in [-0.39, 0.29) is 10.8 Å². The lowest BCUT2D eigenvalue weighted by Gasteiger charge is -2.45. The van der Waals surface area contributed by atoms with Crippen LogP contribution in [-0.4, -0.2) is 65.6 Å². The zero-order valence-corrected chi connectivity index (χ0v) is 65.0. The summed E-state index contributed by atoms with van der Waals surface area (Å²) in [5, 5.41) is 4.08. The van der Waals surface area contributed by atoms with Gasteiger partial charge in [0.2, 0.25) is 0 Å². The minimum Gasteiger partial charge on any atom is -0.420 e. The second-order valence-corrected chi connectivity index (χ2v) is 70.4. The summed E-state index contributed by atoms with van der Waals surface area (Å²) in [5.74, 6) is 2.55. The van der Waals surface area contributed by atoms with Crippen LogP contribution in [0.5, 0.6) is 0 Å². The zero-order valence-electron chi connectivity index (χ0n) is 57.4. The van der Waals surface area contributed by atoms with Crippen molar-refractivity contribution < 1.29 is 4.43 Å². The molecule has 0 N–H and O–H groups in total. The van der Waals surface area contributed by atoms with Crippen LogP contribution in [0.3, 0.4) is 0 Å². The summed E-state index contributed by atoms with van der Waals surface area (Å²) in [7, 11) is -8.48. The van der Waals surface area contributed by atoms with Crippen LogP contribution >= 0.6 is 22.4 Å². The number of benzene rings is 3. The molecule has 0 fully saturated rings. The first-order valence-corrected chi connectivity index (χ1v) is 53.1. The largest absolute Gasteiger partial charge is 0.420 e. The van der Waals surface area contributed by atoms with Gasteiger partial charge in [-0.25, -0.2) is 0 Å². The Morgan fingerprint density at radius 2 is 0.823 bits per heavy atom. The van der Waals surface area contributed by atoms with E-state index in [0.717, 1.165) is 12.5 Å². The van der Waals surface area contributed by atoms with Crippen molar-refractivity contribution in [3.05, 3.63) is 95.1 Å². The van der Waals surface area contributed by atoms with Gasteiger partial charge in [0.15, 0.2) is 8.32 Å². The third kappa shape index (κ3) is 17.6. The highest BCUT2D eigenvalue weighted by molar-refractivity contribution is 8.29. The molecule has 0 aromatic heterocycles. The monoisotopic (exact) mass is 1220 g/mol. The maximum atomic E-state index is 7.11. The van der Waals surface area contributed by atoms with E-state index in [0.29, 0.717) is 37.8 Å². The standard InChI is InChI=1S/C70H130OS2Si6/c1-28-30-32-47-69(54-74(20,21)51-35-49-72-75(22,23)67(13,14)15,61-41-45-66(46-42-61)79(58(7)8,59(9)10)60(11)12)63-37-34-38-64(53-63)70(48-33-31-29-2,62-39-43-65(44-40-62)78(27,56(3)4)57(5)6)55-77(26,71-19)52-36-50-73-76(24,25)68(16,17)18/h34,37-46,53,56-60H,28-33,35-36,47-52,54-55H2,1-27H3. The smallest absolute Gasteiger partial charge is 0.190 e. The van der Waals surface area contributed by atoms with Crippen molar-refractivity contribution in [3.63, 3.8) is 0 Å². The van der Waals surface area contributed by atoms with E-state index in [1.807, 2.05) is 0 Å². The van der Waals surface area contributed by atoms with Crippen LogP contribution in [0.2, 0.25) is 114 Å². The van der Waals surface area contributed by atoms with Gasteiger partial charge in [-0.3, -0.25) is 0 Å². The van der Waals surface area contributed by atoms with E-state index >= 15 is 0 Å². The van der Waals surface area contributed by atoms with E-state index in [9.17, 15) is 0 Å². The van der Waals surface area contributed by atoms with Gasteiger partial charge in [-0.2, -0.15) is 22.4 Å². The topological polar surface area (TPSA) is 9.23 Å². The summed E-state index contributed by atoms with van der Waals surface area (Å²) in [6, 6.07) is 37.0. The molecule has 0 amide bonds. The molecule has 0 radical (unpaired) electrons. The van der Waals surface area contributed by atoms with Gasteiger partial charge in [0, 0.05) is 26.0 Å². The average Bonchev–Trinajstić information content (AvgIpc) is 3.44. The van der Waals surface area contributed by atoms with Crippen LogP contribution in [0.4, 0.5) is 0 Å². The van der Waals surface area contributed by atoms with E-state index in [2.05, 4.69) is 279 Å². The van der Waals surface area contributed by atoms with Crippen LogP contribution < -0.4 is 10.4 Å². The Morgan fingerprint density at radius 3 is 1.18 bits per heavy atom. The molecule has 0 saturated heterocycles. The lowest BCUT2D eigenvalue weighted by atomic mass is 9.68. The van der Waals surface area contributed by atoms with E-state index < -0.39 is 47.0 Å².